The first-order chi connectivity index (χ1) is 14.2. The molecule has 0 aliphatic rings. The summed E-state index contributed by atoms with van der Waals surface area (Å²) in [7, 11) is 0. The van der Waals surface area contributed by atoms with Crippen LogP contribution in [0.5, 0.6) is 5.75 Å². The number of amides is 1. The number of hydrogen-bond acceptors (Lipinski definition) is 3. The monoisotopic (exact) mass is 441 g/mol. The van der Waals surface area contributed by atoms with Crippen molar-refractivity contribution in [1.29, 1.82) is 0 Å². The fourth-order valence-electron chi connectivity index (χ4n) is 2.58. The van der Waals surface area contributed by atoms with Crippen LogP contribution in [-0.4, -0.2) is 5.91 Å². The maximum absolute atomic E-state index is 13.7. The quantitative estimate of drug-likeness (QED) is 0.273. The Hall–Kier alpha value is -2.94. The second kappa shape index (κ2) is 8.83. The number of thiophene rings is 1. The number of ether oxygens (including phenoxy) is 1. The molecule has 3 rings (SSSR count). The smallest absolute Gasteiger partial charge is 0.265 e. The second-order valence-corrected chi connectivity index (χ2v) is 7.64. The van der Waals surface area contributed by atoms with Crippen molar-refractivity contribution in [1.82, 2.24) is 0 Å². The standard InChI is InChI=1S/C21H16F5NO2S/c1-10(2)12-3-5-13(6-4-12)29-8-11-7-14(30-9-11)21(28)27-20-18(25)16(23)15(22)17(24)19(20)26/h3-7,9-10H,8H2,1-2H3,(H,27,28). The SMILES string of the molecule is CC(C)c1ccc(OCc2csc(C(=O)Nc3c(F)c(F)c(F)c(F)c3F)c2)cc1. The van der Waals surface area contributed by atoms with Crippen LogP contribution in [-0.2, 0) is 6.61 Å². The van der Waals surface area contributed by atoms with Crippen LogP contribution < -0.4 is 10.1 Å². The van der Waals surface area contributed by atoms with Crippen LogP contribution >= 0.6 is 11.3 Å². The van der Waals surface area contributed by atoms with Crippen LogP contribution in [0.4, 0.5) is 27.6 Å². The van der Waals surface area contributed by atoms with Gasteiger partial charge in [0, 0.05) is 5.56 Å². The van der Waals surface area contributed by atoms with E-state index in [2.05, 4.69) is 13.8 Å². The van der Waals surface area contributed by atoms with E-state index >= 15 is 0 Å². The van der Waals surface area contributed by atoms with E-state index in [1.807, 2.05) is 24.3 Å². The van der Waals surface area contributed by atoms with E-state index in [4.69, 9.17) is 4.74 Å². The number of nitrogens with one attached hydrogen (secondary N) is 1. The highest BCUT2D eigenvalue weighted by Gasteiger charge is 2.27. The van der Waals surface area contributed by atoms with Crippen LogP contribution in [0.15, 0.2) is 35.7 Å². The van der Waals surface area contributed by atoms with Gasteiger partial charge in [-0.15, -0.1) is 11.3 Å². The van der Waals surface area contributed by atoms with Gasteiger partial charge >= 0.3 is 0 Å². The molecule has 0 bridgehead atoms. The molecule has 0 aliphatic carbocycles. The number of carbonyl (C=O) groups is 1. The summed E-state index contributed by atoms with van der Waals surface area (Å²) in [4.78, 5) is 12.2. The van der Waals surface area contributed by atoms with Crippen LogP contribution in [0.3, 0.4) is 0 Å². The Morgan fingerprint density at radius 1 is 0.967 bits per heavy atom. The molecule has 0 saturated carbocycles. The lowest BCUT2D eigenvalue weighted by atomic mass is 10.0. The highest BCUT2D eigenvalue weighted by molar-refractivity contribution is 7.12. The van der Waals surface area contributed by atoms with E-state index in [9.17, 15) is 26.7 Å². The Bertz CT molecular complexity index is 1050. The average Bonchev–Trinajstić information content (AvgIpc) is 3.22. The predicted molar refractivity (Wildman–Crippen MR) is 103 cm³/mol. The van der Waals surface area contributed by atoms with Crippen molar-refractivity contribution in [3.8, 4) is 5.75 Å². The molecule has 2 aromatic carbocycles. The lowest BCUT2D eigenvalue weighted by Crippen LogP contribution is -2.16. The van der Waals surface area contributed by atoms with Gasteiger partial charge in [-0.25, -0.2) is 22.0 Å². The summed E-state index contributed by atoms with van der Waals surface area (Å²) >= 11 is 0.943. The van der Waals surface area contributed by atoms with Gasteiger partial charge < -0.3 is 10.1 Å². The molecule has 0 radical (unpaired) electrons. The first kappa shape index (κ1) is 21.8. The molecule has 1 amide bonds. The van der Waals surface area contributed by atoms with Gasteiger partial charge in [-0.05, 0) is 35.1 Å². The number of hydrogen-bond donors (Lipinski definition) is 1. The van der Waals surface area contributed by atoms with Gasteiger partial charge in [0.25, 0.3) is 5.91 Å². The molecule has 0 fully saturated rings. The first-order valence-corrected chi connectivity index (χ1v) is 9.70. The lowest BCUT2D eigenvalue weighted by molar-refractivity contribution is 0.102. The summed E-state index contributed by atoms with van der Waals surface area (Å²) in [5, 5.41) is 3.33. The van der Waals surface area contributed by atoms with E-state index in [0.717, 1.165) is 16.9 Å². The zero-order valence-corrected chi connectivity index (χ0v) is 16.7. The Balaban J connectivity index is 1.68. The molecule has 30 heavy (non-hydrogen) atoms. The summed E-state index contributed by atoms with van der Waals surface area (Å²) in [6.07, 6.45) is 0. The molecule has 0 spiro atoms. The largest absolute Gasteiger partial charge is 0.489 e. The molecule has 0 aliphatic heterocycles. The molecule has 0 saturated heterocycles. The summed E-state index contributed by atoms with van der Waals surface area (Å²) in [5.74, 6) is -10.8. The van der Waals surface area contributed by atoms with E-state index in [0.29, 0.717) is 17.2 Å². The first-order valence-electron chi connectivity index (χ1n) is 8.82. The van der Waals surface area contributed by atoms with Crippen molar-refractivity contribution < 1.29 is 31.5 Å². The Morgan fingerprint density at radius 3 is 2.10 bits per heavy atom. The molecule has 158 valence electrons. The third-order valence-electron chi connectivity index (χ3n) is 4.28. The number of benzene rings is 2. The fourth-order valence-corrected chi connectivity index (χ4v) is 3.37. The summed E-state index contributed by atoms with van der Waals surface area (Å²) in [6, 6.07) is 8.93. The molecule has 0 atom stereocenters. The van der Waals surface area contributed by atoms with Crippen LogP contribution in [0.1, 0.15) is 40.6 Å². The summed E-state index contributed by atoms with van der Waals surface area (Å²) in [6.45, 7) is 4.27. The van der Waals surface area contributed by atoms with Gasteiger partial charge in [0.05, 0.1) is 4.88 Å². The normalized spacial score (nSPS) is 11.1. The Labute approximate surface area is 173 Å². The Morgan fingerprint density at radius 2 is 1.53 bits per heavy atom. The van der Waals surface area contributed by atoms with Gasteiger partial charge in [0.15, 0.2) is 23.3 Å². The minimum absolute atomic E-state index is 0.0210. The van der Waals surface area contributed by atoms with Crippen LogP contribution in [0, 0.1) is 29.1 Å². The highest BCUT2D eigenvalue weighted by atomic mass is 32.1. The van der Waals surface area contributed by atoms with Crippen LogP contribution in [0.2, 0.25) is 0 Å². The third-order valence-corrected chi connectivity index (χ3v) is 5.26. The third kappa shape index (κ3) is 4.46. The van der Waals surface area contributed by atoms with Gasteiger partial charge in [0.2, 0.25) is 5.82 Å². The van der Waals surface area contributed by atoms with Crippen molar-refractivity contribution in [2.75, 3.05) is 5.32 Å². The van der Waals surface area contributed by atoms with E-state index < -0.39 is 40.7 Å². The molecule has 1 N–H and O–H groups in total. The maximum Gasteiger partial charge on any atom is 0.265 e. The van der Waals surface area contributed by atoms with Gasteiger partial charge in [-0.2, -0.15) is 0 Å². The minimum Gasteiger partial charge on any atom is -0.489 e. The lowest BCUT2D eigenvalue weighted by Gasteiger charge is -2.09. The molecule has 9 heteroatoms. The van der Waals surface area contributed by atoms with Crippen molar-refractivity contribution in [3.63, 3.8) is 0 Å². The van der Waals surface area contributed by atoms with E-state index in [1.54, 1.807) is 10.7 Å². The van der Waals surface area contributed by atoms with Crippen molar-refractivity contribution >= 4 is 22.9 Å². The van der Waals surface area contributed by atoms with E-state index in [-0.39, 0.29) is 11.5 Å². The molecule has 1 aromatic heterocycles. The van der Waals surface area contributed by atoms with Crippen molar-refractivity contribution in [2.24, 2.45) is 0 Å². The minimum atomic E-state index is -2.29. The van der Waals surface area contributed by atoms with Gasteiger partial charge in [-0.1, -0.05) is 26.0 Å². The number of rotatable bonds is 6. The molecule has 1 heterocycles. The van der Waals surface area contributed by atoms with Crippen LogP contribution in [0.25, 0.3) is 0 Å². The predicted octanol–water partition coefficient (Wildman–Crippen LogP) is 6.40. The molecule has 3 aromatic rings. The number of anilines is 1. The second-order valence-electron chi connectivity index (χ2n) is 6.73. The zero-order chi connectivity index (χ0) is 22.0. The van der Waals surface area contributed by atoms with Crippen molar-refractivity contribution in [3.05, 3.63) is 80.8 Å². The van der Waals surface area contributed by atoms with Crippen molar-refractivity contribution in [2.45, 2.75) is 26.4 Å². The topological polar surface area (TPSA) is 38.3 Å². The Kier molecular flexibility index (Phi) is 6.40. The fraction of sp³-hybridized carbons (Fsp3) is 0.190. The van der Waals surface area contributed by atoms with Gasteiger partial charge in [0.1, 0.15) is 18.0 Å². The molecule has 3 nitrogen and oxygen atoms in total. The van der Waals surface area contributed by atoms with Gasteiger partial charge in [-0.3, -0.25) is 4.79 Å². The number of carbonyl (C=O) groups excluding carboxylic acids is 1. The summed E-state index contributed by atoms with van der Waals surface area (Å²) in [5.41, 5.74) is 0.369. The highest BCUT2D eigenvalue weighted by Crippen LogP contribution is 2.28. The number of halogens is 5. The average molecular weight is 441 g/mol. The maximum atomic E-state index is 13.7. The molecule has 0 unspecified atom stereocenters. The van der Waals surface area contributed by atoms with E-state index in [1.165, 1.54) is 6.07 Å². The summed E-state index contributed by atoms with van der Waals surface area (Å²) < 4.78 is 72.7. The zero-order valence-electron chi connectivity index (χ0n) is 15.9. The molecular weight excluding hydrogens is 425 g/mol. The molecular formula is C21H16F5NO2S.